The quantitative estimate of drug-likeness (QED) is 0.711. The fourth-order valence-corrected chi connectivity index (χ4v) is 2.44. The third-order valence-electron chi connectivity index (χ3n) is 3.79. The van der Waals surface area contributed by atoms with E-state index in [4.69, 9.17) is 16.2 Å². The minimum atomic E-state index is -0.425. The topological polar surface area (TPSA) is 111 Å². The van der Waals surface area contributed by atoms with Crippen molar-refractivity contribution in [2.75, 3.05) is 18.1 Å². The van der Waals surface area contributed by atoms with Crippen molar-refractivity contribution in [3.05, 3.63) is 35.1 Å². The summed E-state index contributed by atoms with van der Waals surface area (Å²) in [5.41, 5.74) is 12.4. The summed E-state index contributed by atoms with van der Waals surface area (Å²) in [6, 6.07) is 6.52. The van der Waals surface area contributed by atoms with Gasteiger partial charge in [0.15, 0.2) is 0 Å². The number of benzene rings is 1. The first kappa shape index (κ1) is 18.6. The summed E-state index contributed by atoms with van der Waals surface area (Å²) in [4.78, 5) is 7.77. The van der Waals surface area contributed by atoms with Gasteiger partial charge in [-0.3, -0.25) is 0 Å². The number of nitrogens with zero attached hydrogens (tertiary/aromatic N) is 3. The van der Waals surface area contributed by atoms with E-state index in [1.807, 2.05) is 6.07 Å². The SMILES string of the molecule is CCCCCCOCc1ccc(-c2nc(N)nc(N)c2C#N)cc1F. The standard InChI is InChI=1S/C18H22FN5O/c1-2-3-4-5-8-25-11-13-7-6-12(9-15(13)19)16-14(10-20)17(21)24-18(22)23-16/h6-7,9H,2-5,8,11H2,1H3,(H4,21,22,23,24). The van der Waals surface area contributed by atoms with E-state index in [2.05, 4.69) is 16.9 Å². The van der Waals surface area contributed by atoms with Crippen molar-refractivity contribution in [2.24, 2.45) is 0 Å². The number of hydrogen-bond acceptors (Lipinski definition) is 6. The molecule has 2 rings (SSSR count). The van der Waals surface area contributed by atoms with Crippen LogP contribution in [0.4, 0.5) is 16.2 Å². The number of anilines is 2. The van der Waals surface area contributed by atoms with Crippen molar-refractivity contribution >= 4 is 11.8 Å². The van der Waals surface area contributed by atoms with Crippen LogP contribution in [0.15, 0.2) is 18.2 Å². The smallest absolute Gasteiger partial charge is 0.222 e. The minimum Gasteiger partial charge on any atom is -0.382 e. The lowest BCUT2D eigenvalue weighted by Crippen LogP contribution is -2.05. The van der Waals surface area contributed by atoms with Gasteiger partial charge < -0.3 is 16.2 Å². The van der Waals surface area contributed by atoms with Crippen LogP contribution in [-0.2, 0) is 11.3 Å². The molecule has 7 heteroatoms. The van der Waals surface area contributed by atoms with Crippen LogP contribution in [0.5, 0.6) is 0 Å². The molecule has 0 bridgehead atoms. The Hall–Kier alpha value is -2.72. The van der Waals surface area contributed by atoms with Crippen molar-refractivity contribution in [3.8, 4) is 17.3 Å². The molecule has 0 unspecified atom stereocenters. The first-order chi connectivity index (χ1) is 12.1. The Bertz CT molecular complexity index is 773. The Labute approximate surface area is 146 Å². The molecule has 132 valence electrons. The van der Waals surface area contributed by atoms with E-state index >= 15 is 0 Å². The van der Waals surface area contributed by atoms with Crippen molar-refractivity contribution in [2.45, 2.75) is 39.2 Å². The minimum absolute atomic E-state index is 0.0232. The maximum absolute atomic E-state index is 14.3. The fourth-order valence-electron chi connectivity index (χ4n) is 2.44. The molecule has 0 atom stereocenters. The van der Waals surface area contributed by atoms with Crippen LogP contribution in [0.1, 0.15) is 43.7 Å². The van der Waals surface area contributed by atoms with Gasteiger partial charge in [-0.25, -0.2) is 9.37 Å². The van der Waals surface area contributed by atoms with Crippen LogP contribution >= 0.6 is 0 Å². The van der Waals surface area contributed by atoms with E-state index in [1.54, 1.807) is 12.1 Å². The molecule has 1 aromatic heterocycles. The summed E-state index contributed by atoms with van der Waals surface area (Å²) < 4.78 is 19.9. The zero-order chi connectivity index (χ0) is 18.2. The Morgan fingerprint density at radius 1 is 1.20 bits per heavy atom. The highest BCUT2D eigenvalue weighted by Crippen LogP contribution is 2.27. The lowest BCUT2D eigenvalue weighted by atomic mass is 10.0. The van der Waals surface area contributed by atoms with Gasteiger partial charge in [0.25, 0.3) is 0 Å². The molecule has 0 saturated heterocycles. The highest BCUT2D eigenvalue weighted by Gasteiger charge is 2.15. The molecule has 0 radical (unpaired) electrons. The third-order valence-corrected chi connectivity index (χ3v) is 3.79. The maximum Gasteiger partial charge on any atom is 0.222 e. The van der Waals surface area contributed by atoms with E-state index in [0.717, 1.165) is 12.8 Å². The van der Waals surface area contributed by atoms with Crippen LogP contribution in [0, 0.1) is 17.1 Å². The molecule has 0 spiro atoms. The van der Waals surface area contributed by atoms with E-state index in [9.17, 15) is 9.65 Å². The number of rotatable bonds is 8. The molecule has 0 aliphatic carbocycles. The summed E-state index contributed by atoms with van der Waals surface area (Å²) in [5, 5.41) is 9.22. The van der Waals surface area contributed by atoms with E-state index in [-0.39, 0.29) is 29.6 Å². The average Bonchev–Trinajstić information content (AvgIpc) is 2.58. The van der Waals surface area contributed by atoms with Crippen LogP contribution < -0.4 is 11.5 Å². The molecular formula is C18H22FN5O. The summed E-state index contributed by atoms with van der Waals surface area (Å²) >= 11 is 0. The summed E-state index contributed by atoms with van der Waals surface area (Å²) in [7, 11) is 0. The van der Waals surface area contributed by atoms with Crippen molar-refractivity contribution in [3.63, 3.8) is 0 Å². The molecule has 25 heavy (non-hydrogen) atoms. The maximum atomic E-state index is 14.3. The molecule has 2 aromatic rings. The molecular weight excluding hydrogens is 321 g/mol. The molecule has 0 aliphatic heterocycles. The predicted octanol–water partition coefficient (Wildman–Crippen LogP) is 3.42. The van der Waals surface area contributed by atoms with Gasteiger partial charge in [0, 0.05) is 17.7 Å². The number of hydrogen-bond donors (Lipinski definition) is 2. The number of halogens is 1. The number of nitrogens with two attached hydrogens (primary N) is 2. The molecule has 6 nitrogen and oxygen atoms in total. The molecule has 0 aliphatic rings. The van der Waals surface area contributed by atoms with Crippen molar-refractivity contribution < 1.29 is 9.13 Å². The molecule has 0 amide bonds. The fraction of sp³-hybridized carbons (Fsp3) is 0.389. The highest BCUT2D eigenvalue weighted by molar-refractivity contribution is 5.73. The van der Waals surface area contributed by atoms with Gasteiger partial charge in [-0.1, -0.05) is 38.3 Å². The van der Waals surface area contributed by atoms with Gasteiger partial charge in [-0.2, -0.15) is 10.2 Å². The second kappa shape index (κ2) is 8.94. The van der Waals surface area contributed by atoms with Gasteiger partial charge in [0.05, 0.1) is 12.3 Å². The molecule has 0 saturated carbocycles. The van der Waals surface area contributed by atoms with Crippen LogP contribution in [-0.4, -0.2) is 16.6 Å². The summed E-state index contributed by atoms with van der Waals surface area (Å²) in [5.74, 6) is -0.512. The number of ether oxygens (including phenoxy) is 1. The monoisotopic (exact) mass is 343 g/mol. The zero-order valence-corrected chi connectivity index (χ0v) is 14.3. The molecule has 1 aromatic carbocycles. The van der Waals surface area contributed by atoms with Crippen molar-refractivity contribution in [1.29, 1.82) is 5.26 Å². The average molecular weight is 343 g/mol. The molecule has 4 N–H and O–H groups in total. The van der Waals surface area contributed by atoms with E-state index in [0.29, 0.717) is 17.7 Å². The van der Waals surface area contributed by atoms with E-state index in [1.165, 1.54) is 18.9 Å². The van der Waals surface area contributed by atoms with Gasteiger partial charge >= 0.3 is 0 Å². The van der Waals surface area contributed by atoms with E-state index < -0.39 is 5.82 Å². The second-order valence-corrected chi connectivity index (χ2v) is 5.72. The number of unbranched alkanes of at least 4 members (excludes halogenated alkanes) is 3. The molecule has 1 heterocycles. The number of nitriles is 1. The number of aromatic nitrogens is 2. The van der Waals surface area contributed by atoms with Gasteiger partial charge in [0.1, 0.15) is 23.3 Å². The van der Waals surface area contributed by atoms with Crippen LogP contribution in [0.3, 0.4) is 0 Å². The first-order valence-electron chi connectivity index (χ1n) is 8.26. The Morgan fingerprint density at radius 3 is 2.68 bits per heavy atom. The highest BCUT2D eigenvalue weighted by atomic mass is 19.1. The predicted molar refractivity (Wildman–Crippen MR) is 94.8 cm³/mol. The summed E-state index contributed by atoms with van der Waals surface area (Å²) in [6.45, 7) is 2.96. The Morgan fingerprint density at radius 2 is 2.00 bits per heavy atom. The lowest BCUT2D eigenvalue weighted by molar-refractivity contribution is 0.114. The van der Waals surface area contributed by atoms with Crippen LogP contribution in [0.2, 0.25) is 0 Å². The first-order valence-corrected chi connectivity index (χ1v) is 8.26. The largest absolute Gasteiger partial charge is 0.382 e. The normalized spacial score (nSPS) is 10.6. The number of nitrogen functional groups attached to an aromatic ring is 2. The van der Waals surface area contributed by atoms with Gasteiger partial charge in [-0.15, -0.1) is 0 Å². The van der Waals surface area contributed by atoms with Gasteiger partial charge in [0.2, 0.25) is 5.95 Å². The van der Waals surface area contributed by atoms with Crippen LogP contribution in [0.25, 0.3) is 11.3 Å². The molecule has 0 fully saturated rings. The zero-order valence-electron chi connectivity index (χ0n) is 14.3. The Kier molecular flexibility index (Phi) is 6.66. The second-order valence-electron chi connectivity index (χ2n) is 5.72. The van der Waals surface area contributed by atoms with Crippen molar-refractivity contribution in [1.82, 2.24) is 9.97 Å². The Balaban J connectivity index is 2.11. The third kappa shape index (κ3) is 4.88. The van der Waals surface area contributed by atoms with Gasteiger partial charge in [-0.05, 0) is 12.5 Å². The lowest BCUT2D eigenvalue weighted by Gasteiger charge is -2.09. The summed E-state index contributed by atoms with van der Waals surface area (Å²) in [6.07, 6.45) is 4.43.